The fourth-order valence-electron chi connectivity index (χ4n) is 2.82. The molecule has 0 spiro atoms. The highest BCUT2D eigenvalue weighted by Gasteiger charge is 2.13. The van der Waals surface area contributed by atoms with Crippen LogP contribution in [0.1, 0.15) is 44.9 Å². The Morgan fingerprint density at radius 2 is 1.76 bits per heavy atom. The van der Waals surface area contributed by atoms with Gasteiger partial charge in [0, 0.05) is 25.4 Å². The second-order valence-electron chi connectivity index (χ2n) is 6.26. The van der Waals surface area contributed by atoms with Crippen molar-refractivity contribution in [1.29, 1.82) is 0 Å². The summed E-state index contributed by atoms with van der Waals surface area (Å²) in [6.07, 6.45) is 1.73. The first-order valence-electron chi connectivity index (χ1n) is 10.1. The van der Waals surface area contributed by atoms with Crippen LogP contribution in [-0.2, 0) is 6.54 Å². The van der Waals surface area contributed by atoms with E-state index in [4.69, 9.17) is 14.2 Å². The van der Waals surface area contributed by atoms with Gasteiger partial charge in [-0.1, -0.05) is 12.1 Å². The summed E-state index contributed by atoms with van der Waals surface area (Å²) in [4.78, 5) is 8.61. The zero-order chi connectivity index (χ0) is 21.1. The number of hydrogen-bond donors (Lipinski definition) is 2. The van der Waals surface area contributed by atoms with Crippen LogP contribution in [0, 0.1) is 0 Å². The molecule has 0 fully saturated rings. The average molecular weight is 401 g/mol. The Bertz CT molecular complexity index is 795. The minimum Gasteiger partial charge on any atom is -0.490 e. The maximum atomic E-state index is 5.73. The summed E-state index contributed by atoms with van der Waals surface area (Å²) in [6, 6.07) is 9.90. The van der Waals surface area contributed by atoms with E-state index in [9.17, 15) is 0 Å². The van der Waals surface area contributed by atoms with Gasteiger partial charge >= 0.3 is 0 Å². The number of rotatable bonds is 10. The van der Waals surface area contributed by atoms with E-state index in [2.05, 4.69) is 27.5 Å². The fourth-order valence-corrected chi connectivity index (χ4v) is 2.82. The van der Waals surface area contributed by atoms with Gasteiger partial charge in [-0.25, -0.2) is 4.98 Å². The van der Waals surface area contributed by atoms with Crippen LogP contribution in [0.5, 0.6) is 17.4 Å². The van der Waals surface area contributed by atoms with Crippen molar-refractivity contribution in [2.24, 2.45) is 4.99 Å². The molecule has 0 aliphatic rings. The zero-order valence-corrected chi connectivity index (χ0v) is 18.0. The molecule has 1 aromatic heterocycles. The summed E-state index contributed by atoms with van der Waals surface area (Å²) in [5, 5.41) is 6.73. The van der Waals surface area contributed by atoms with E-state index in [1.54, 1.807) is 13.2 Å². The molecular weight excluding hydrogens is 368 g/mol. The van der Waals surface area contributed by atoms with Crippen molar-refractivity contribution in [2.75, 3.05) is 26.9 Å². The first-order chi connectivity index (χ1) is 14.1. The average Bonchev–Trinajstić information content (AvgIpc) is 2.73. The molecule has 29 heavy (non-hydrogen) atoms. The number of ether oxygens (including phenoxy) is 3. The summed E-state index contributed by atoms with van der Waals surface area (Å²) in [6.45, 7) is 10.3. The van der Waals surface area contributed by atoms with E-state index >= 15 is 0 Å². The summed E-state index contributed by atoms with van der Waals surface area (Å²) < 4.78 is 17.0. The molecule has 7 heteroatoms. The lowest BCUT2D eigenvalue weighted by Gasteiger charge is -2.20. The Morgan fingerprint density at radius 3 is 2.45 bits per heavy atom. The fraction of sp³-hybridized carbons (Fsp3) is 0.455. The quantitative estimate of drug-likeness (QED) is 0.468. The highest BCUT2D eigenvalue weighted by atomic mass is 16.5. The Balaban J connectivity index is 2.04. The van der Waals surface area contributed by atoms with Crippen molar-refractivity contribution >= 4 is 5.96 Å². The lowest BCUT2D eigenvalue weighted by atomic mass is 10.1. The van der Waals surface area contributed by atoms with Crippen LogP contribution in [0.2, 0.25) is 0 Å². The van der Waals surface area contributed by atoms with Gasteiger partial charge in [0.25, 0.3) is 0 Å². The second kappa shape index (κ2) is 11.8. The van der Waals surface area contributed by atoms with E-state index in [0.717, 1.165) is 22.6 Å². The van der Waals surface area contributed by atoms with Crippen LogP contribution < -0.4 is 24.8 Å². The largest absolute Gasteiger partial charge is 0.490 e. The summed E-state index contributed by atoms with van der Waals surface area (Å²) >= 11 is 0. The number of aliphatic imine (C=N–C) groups is 1. The van der Waals surface area contributed by atoms with E-state index in [-0.39, 0.29) is 6.04 Å². The van der Waals surface area contributed by atoms with Crippen molar-refractivity contribution in [2.45, 2.75) is 40.3 Å². The molecular formula is C22H32N4O3. The van der Waals surface area contributed by atoms with Gasteiger partial charge in [0.2, 0.25) is 5.88 Å². The number of aromatic nitrogens is 1. The van der Waals surface area contributed by atoms with Crippen LogP contribution in [0.25, 0.3) is 0 Å². The molecule has 1 aromatic carbocycles. The van der Waals surface area contributed by atoms with Gasteiger partial charge in [-0.15, -0.1) is 0 Å². The van der Waals surface area contributed by atoms with Crippen molar-refractivity contribution in [3.63, 3.8) is 0 Å². The molecule has 1 atom stereocenters. The molecule has 0 amide bonds. The highest BCUT2D eigenvalue weighted by molar-refractivity contribution is 5.80. The Labute approximate surface area is 173 Å². The maximum absolute atomic E-state index is 5.73. The number of hydrogen-bond acceptors (Lipinski definition) is 5. The number of benzene rings is 1. The first kappa shape index (κ1) is 22.3. The topological polar surface area (TPSA) is 77.0 Å². The molecule has 0 radical (unpaired) electrons. The monoisotopic (exact) mass is 400 g/mol. The molecule has 1 unspecified atom stereocenters. The number of nitrogens with one attached hydrogen (secondary N) is 2. The lowest BCUT2D eigenvalue weighted by molar-refractivity contribution is 0.287. The van der Waals surface area contributed by atoms with Gasteiger partial charge in [0.05, 0.1) is 25.9 Å². The predicted molar refractivity (Wildman–Crippen MR) is 116 cm³/mol. The van der Waals surface area contributed by atoms with E-state index < -0.39 is 0 Å². The SMILES string of the molecule is CCOc1ccc(C(C)NC(=NC)NCc2cccnc2OCC)cc1OCC. The van der Waals surface area contributed by atoms with Gasteiger partial charge < -0.3 is 24.8 Å². The molecule has 7 nitrogen and oxygen atoms in total. The smallest absolute Gasteiger partial charge is 0.218 e. The van der Waals surface area contributed by atoms with Crippen LogP contribution in [0.15, 0.2) is 41.5 Å². The van der Waals surface area contributed by atoms with Gasteiger partial charge in [0.15, 0.2) is 17.5 Å². The molecule has 0 saturated heterocycles. The van der Waals surface area contributed by atoms with E-state index in [0.29, 0.717) is 38.2 Å². The van der Waals surface area contributed by atoms with Crippen molar-refractivity contribution in [3.8, 4) is 17.4 Å². The molecule has 0 aliphatic carbocycles. The molecule has 1 heterocycles. The summed E-state index contributed by atoms with van der Waals surface area (Å²) in [5.41, 5.74) is 2.06. The zero-order valence-electron chi connectivity index (χ0n) is 18.0. The Kier molecular flexibility index (Phi) is 9.08. The third kappa shape index (κ3) is 6.55. The van der Waals surface area contributed by atoms with Crippen LogP contribution >= 0.6 is 0 Å². The van der Waals surface area contributed by atoms with Crippen molar-refractivity contribution < 1.29 is 14.2 Å². The van der Waals surface area contributed by atoms with Crippen LogP contribution in [-0.4, -0.2) is 37.8 Å². The molecule has 2 N–H and O–H groups in total. The Hall–Kier alpha value is -2.96. The van der Waals surface area contributed by atoms with Gasteiger partial charge in [-0.3, -0.25) is 4.99 Å². The van der Waals surface area contributed by atoms with Gasteiger partial charge in [-0.2, -0.15) is 0 Å². The lowest BCUT2D eigenvalue weighted by Crippen LogP contribution is -2.38. The molecule has 2 rings (SSSR count). The number of nitrogens with zero attached hydrogens (tertiary/aromatic N) is 2. The predicted octanol–water partition coefficient (Wildman–Crippen LogP) is 3.70. The summed E-state index contributed by atoms with van der Waals surface area (Å²) in [5.74, 6) is 2.84. The van der Waals surface area contributed by atoms with Crippen molar-refractivity contribution in [3.05, 3.63) is 47.7 Å². The minimum atomic E-state index is 0.0244. The number of pyridine rings is 1. The first-order valence-corrected chi connectivity index (χ1v) is 10.1. The third-order valence-electron chi connectivity index (χ3n) is 4.22. The van der Waals surface area contributed by atoms with Crippen LogP contribution in [0.3, 0.4) is 0 Å². The standard InChI is InChI=1S/C22H32N4O3/c1-6-27-19-12-11-17(14-20(19)28-7-2)16(4)26-22(23-5)25-15-18-10-9-13-24-21(18)29-8-3/h9-14,16H,6-8,15H2,1-5H3,(H2,23,25,26). The van der Waals surface area contributed by atoms with E-state index in [1.165, 1.54) is 0 Å². The molecule has 0 bridgehead atoms. The Morgan fingerprint density at radius 1 is 1.03 bits per heavy atom. The summed E-state index contributed by atoms with van der Waals surface area (Å²) in [7, 11) is 1.75. The molecule has 0 saturated carbocycles. The van der Waals surface area contributed by atoms with Gasteiger partial charge in [-0.05, 0) is 51.5 Å². The maximum Gasteiger partial charge on any atom is 0.218 e. The number of guanidine groups is 1. The minimum absolute atomic E-state index is 0.0244. The second-order valence-corrected chi connectivity index (χ2v) is 6.26. The van der Waals surface area contributed by atoms with E-state index in [1.807, 2.05) is 51.1 Å². The third-order valence-corrected chi connectivity index (χ3v) is 4.22. The molecule has 2 aromatic rings. The highest BCUT2D eigenvalue weighted by Crippen LogP contribution is 2.30. The normalized spacial score (nSPS) is 12.2. The van der Waals surface area contributed by atoms with Crippen LogP contribution in [0.4, 0.5) is 0 Å². The molecule has 0 aliphatic heterocycles. The van der Waals surface area contributed by atoms with Crippen molar-refractivity contribution in [1.82, 2.24) is 15.6 Å². The van der Waals surface area contributed by atoms with Gasteiger partial charge in [0.1, 0.15) is 0 Å². The molecule has 158 valence electrons.